The Balaban J connectivity index is 2.12. The van der Waals surface area contributed by atoms with Crippen molar-refractivity contribution in [2.45, 2.75) is 32.6 Å². The van der Waals surface area contributed by atoms with Crippen molar-refractivity contribution in [3.05, 3.63) is 0 Å². The molecular formula is C9H17NO. The first kappa shape index (κ1) is 8.72. The molecule has 0 aliphatic heterocycles. The molecule has 0 spiro atoms. The molecule has 1 N–H and O–H groups in total. The predicted molar refractivity (Wildman–Crippen MR) is 45.5 cm³/mol. The first-order valence-corrected chi connectivity index (χ1v) is 4.55. The van der Waals surface area contributed by atoms with Crippen molar-refractivity contribution in [1.82, 2.24) is 5.32 Å². The lowest BCUT2D eigenvalue weighted by Crippen LogP contribution is -2.26. The molecule has 1 aliphatic rings. The van der Waals surface area contributed by atoms with Crippen LogP contribution in [-0.2, 0) is 4.79 Å². The third kappa shape index (κ3) is 3.02. The summed E-state index contributed by atoms with van der Waals surface area (Å²) in [7, 11) is 0. The molecular weight excluding hydrogens is 138 g/mol. The zero-order chi connectivity index (χ0) is 8.10. The van der Waals surface area contributed by atoms with Crippen LogP contribution in [0.2, 0.25) is 0 Å². The number of Topliss-reactive ketones (excluding diaryl/α,β-unsaturated/α-hetero) is 1. The standard InChI is InChI=1S/C9H17NO/c1-2-10-7-8-3-5-9(11)6-4-8/h8,10H,2-7H2,1H3. The van der Waals surface area contributed by atoms with Gasteiger partial charge in [-0.15, -0.1) is 0 Å². The molecule has 0 unspecified atom stereocenters. The number of carbonyl (C=O) groups excluding carboxylic acids is 1. The third-order valence-electron chi connectivity index (χ3n) is 2.35. The minimum Gasteiger partial charge on any atom is -0.317 e. The maximum atomic E-state index is 10.9. The van der Waals surface area contributed by atoms with Crippen molar-refractivity contribution >= 4 is 5.78 Å². The van der Waals surface area contributed by atoms with Gasteiger partial charge >= 0.3 is 0 Å². The Bertz CT molecular complexity index is 124. The van der Waals surface area contributed by atoms with Gasteiger partial charge in [0.15, 0.2) is 0 Å². The predicted octanol–water partition coefficient (Wildman–Crippen LogP) is 1.36. The third-order valence-corrected chi connectivity index (χ3v) is 2.35. The Hall–Kier alpha value is -0.370. The van der Waals surface area contributed by atoms with Crippen LogP contribution in [0.1, 0.15) is 32.6 Å². The van der Waals surface area contributed by atoms with Gasteiger partial charge < -0.3 is 5.32 Å². The maximum absolute atomic E-state index is 10.9. The van der Waals surface area contributed by atoms with Crippen molar-refractivity contribution < 1.29 is 4.79 Å². The van der Waals surface area contributed by atoms with Gasteiger partial charge in [0.1, 0.15) is 5.78 Å². The lowest BCUT2D eigenvalue weighted by Gasteiger charge is -2.20. The fourth-order valence-electron chi connectivity index (χ4n) is 1.55. The van der Waals surface area contributed by atoms with E-state index in [1.54, 1.807) is 0 Å². The number of carbonyl (C=O) groups is 1. The average molecular weight is 155 g/mol. The fourth-order valence-corrected chi connectivity index (χ4v) is 1.55. The van der Waals surface area contributed by atoms with Crippen LogP contribution in [-0.4, -0.2) is 18.9 Å². The minimum atomic E-state index is 0.456. The first-order chi connectivity index (χ1) is 5.33. The molecule has 11 heavy (non-hydrogen) atoms. The number of hydrogen-bond donors (Lipinski definition) is 1. The van der Waals surface area contributed by atoms with E-state index in [2.05, 4.69) is 12.2 Å². The zero-order valence-electron chi connectivity index (χ0n) is 7.23. The number of rotatable bonds is 3. The van der Waals surface area contributed by atoms with Gasteiger partial charge in [0, 0.05) is 12.8 Å². The Labute approximate surface area is 68.4 Å². The molecule has 0 amide bonds. The number of hydrogen-bond acceptors (Lipinski definition) is 2. The fraction of sp³-hybridized carbons (Fsp3) is 0.889. The van der Waals surface area contributed by atoms with Gasteiger partial charge in [-0.1, -0.05) is 6.92 Å². The van der Waals surface area contributed by atoms with Crippen LogP contribution in [0.5, 0.6) is 0 Å². The van der Waals surface area contributed by atoms with E-state index >= 15 is 0 Å². The first-order valence-electron chi connectivity index (χ1n) is 4.55. The quantitative estimate of drug-likeness (QED) is 0.666. The van der Waals surface area contributed by atoms with E-state index in [0.717, 1.165) is 44.7 Å². The second-order valence-electron chi connectivity index (χ2n) is 3.29. The van der Waals surface area contributed by atoms with Crippen LogP contribution in [0.4, 0.5) is 0 Å². The van der Waals surface area contributed by atoms with E-state index in [1.165, 1.54) is 0 Å². The molecule has 0 radical (unpaired) electrons. The zero-order valence-corrected chi connectivity index (χ0v) is 7.23. The summed E-state index contributed by atoms with van der Waals surface area (Å²) in [5.74, 6) is 1.21. The lowest BCUT2D eigenvalue weighted by molar-refractivity contribution is -0.120. The molecule has 0 aromatic rings. The van der Waals surface area contributed by atoms with E-state index < -0.39 is 0 Å². The van der Waals surface area contributed by atoms with Crippen molar-refractivity contribution in [1.29, 1.82) is 0 Å². The smallest absolute Gasteiger partial charge is 0.132 e. The molecule has 1 rings (SSSR count). The Morgan fingerprint density at radius 1 is 1.45 bits per heavy atom. The van der Waals surface area contributed by atoms with Crippen LogP contribution in [0.25, 0.3) is 0 Å². The molecule has 0 heterocycles. The molecule has 0 aromatic carbocycles. The SMILES string of the molecule is CCNCC1CCC(=O)CC1. The van der Waals surface area contributed by atoms with E-state index in [1.807, 2.05) is 0 Å². The van der Waals surface area contributed by atoms with E-state index in [0.29, 0.717) is 5.78 Å². The highest BCUT2D eigenvalue weighted by Gasteiger charge is 2.17. The van der Waals surface area contributed by atoms with Gasteiger partial charge in [-0.2, -0.15) is 0 Å². The molecule has 0 bridgehead atoms. The van der Waals surface area contributed by atoms with E-state index in [-0.39, 0.29) is 0 Å². The highest BCUT2D eigenvalue weighted by molar-refractivity contribution is 5.79. The summed E-state index contributed by atoms with van der Waals surface area (Å²) in [6, 6.07) is 0. The normalized spacial score (nSPS) is 20.6. The molecule has 2 heteroatoms. The summed E-state index contributed by atoms with van der Waals surface area (Å²) in [5.41, 5.74) is 0. The van der Waals surface area contributed by atoms with Crippen LogP contribution >= 0.6 is 0 Å². The number of nitrogens with one attached hydrogen (secondary N) is 1. The monoisotopic (exact) mass is 155 g/mol. The van der Waals surface area contributed by atoms with Gasteiger partial charge in [0.2, 0.25) is 0 Å². The summed E-state index contributed by atoms with van der Waals surface area (Å²) in [5, 5.41) is 3.32. The Kier molecular flexibility index (Phi) is 3.57. The number of ketones is 1. The maximum Gasteiger partial charge on any atom is 0.132 e. The molecule has 64 valence electrons. The second kappa shape index (κ2) is 4.50. The van der Waals surface area contributed by atoms with E-state index in [4.69, 9.17) is 0 Å². The highest BCUT2D eigenvalue weighted by Crippen LogP contribution is 2.20. The van der Waals surface area contributed by atoms with Gasteiger partial charge in [-0.25, -0.2) is 0 Å². The van der Waals surface area contributed by atoms with Crippen molar-refractivity contribution in [3.8, 4) is 0 Å². The Morgan fingerprint density at radius 2 is 2.09 bits per heavy atom. The molecule has 1 fully saturated rings. The van der Waals surface area contributed by atoms with Gasteiger partial charge in [0.25, 0.3) is 0 Å². The topological polar surface area (TPSA) is 29.1 Å². The van der Waals surface area contributed by atoms with Gasteiger partial charge in [0.05, 0.1) is 0 Å². The summed E-state index contributed by atoms with van der Waals surface area (Å²) >= 11 is 0. The summed E-state index contributed by atoms with van der Waals surface area (Å²) in [6.07, 6.45) is 3.84. The lowest BCUT2D eigenvalue weighted by atomic mass is 9.88. The molecule has 1 saturated carbocycles. The highest BCUT2D eigenvalue weighted by atomic mass is 16.1. The molecule has 0 saturated heterocycles. The molecule has 0 aromatic heterocycles. The van der Waals surface area contributed by atoms with Crippen LogP contribution < -0.4 is 5.32 Å². The minimum absolute atomic E-state index is 0.456. The van der Waals surface area contributed by atoms with Crippen LogP contribution in [0.15, 0.2) is 0 Å². The summed E-state index contributed by atoms with van der Waals surface area (Å²) in [4.78, 5) is 10.9. The largest absolute Gasteiger partial charge is 0.317 e. The van der Waals surface area contributed by atoms with Gasteiger partial charge in [-0.05, 0) is 31.8 Å². The van der Waals surface area contributed by atoms with E-state index in [9.17, 15) is 4.79 Å². The van der Waals surface area contributed by atoms with Crippen molar-refractivity contribution in [2.24, 2.45) is 5.92 Å². The average Bonchev–Trinajstić information content (AvgIpc) is 2.04. The van der Waals surface area contributed by atoms with Gasteiger partial charge in [-0.3, -0.25) is 4.79 Å². The molecule has 1 aliphatic carbocycles. The Morgan fingerprint density at radius 3 is 2.64 bits per heavy atom. The summed E-state index contributed by atoms with van der Waals surface area (Å²) < 4.78 is 0. The van der Waals surface area contributed by atoms with Crippen molar-refractivity contribution in [3.63, 3.8) is 0 Å². The second-order valence-corrected chi connectivity index (χ2v) is 3.29. The van der Waals surface area contributed by atoms with Crippen LogP contribution in [0.3, 0.4) is 0 Å². The van der Waals surface area contributed by atoms with Crippen LogP contribution in [0, 0.1) is 5.92 Å². The molecule has 0 atom stereocenters. The summed E-state index contributed by atoms with van der Waals surface area (Å²) in [6.45, 7) is 4.27. The van der Waals surface area contributed by atoms with Crippen molar-refractivity contribution in [2.75, 3.05) is 13.1 Å². The molecule has 2 nitrogen and oxygen atoms in total.